The largest absolute Gasteiger partial charge is 0.0654 e. The van der Waals surface area contributed by atoms with Crippen molar-refractivity contribution in [1.29, 1.82) is 0 Å². The molecule has 0 nitrogen and oxygen atoms in total. The van der Waals surface area contributed by atoms with E-state index < -0.39 is 0 Å². The van der Waals surface area contributed by atoms with Gasteiger partial charge in [0.25, 0.3) is 0 Å². The minimum atomic E-state index is 0.634. The van der Waals surface area contributed by atoms with Crippen LogP contribution in [0.3, 0.4) is 0 Å². The Bertz CT molecular complexity index is 502. The summed E-state index contributed by atoms with van der Waals surface area (Å²) in [4.78, 5) is 0. The third-order valence-electron chi connectivity index (χ3n) is 12.0. The lowest BCUT2D eigenvalue weighted by Crippen LogP contribution is -2.16. The van der Waals surface area contributed by atoms with Crippen molar-refractivity contribution in [3.63, 3.8) is 0 Å². The van der Waals surface area contributed by atoms with Crippen LogP contribution in [0.2, 0.25) is 0 Å². The summed E-state index contributed by atoms with van der Waals surface area (Å²) < 4.78 is 0. The summed E-state index contributed by atoms with van der Waals surface area (Å²) in [5.41, 5.74) is 1.31. The summed E-state index contributed by atoms with van der Waals surface area (Å²) in [5, 5.41) is 0. The summed E-state index contributed by atoms with van der Waals surface area (Å²) in [6.45, 7) is 39.2. The van der Waals surface area contributed by atoms with Crippen LogP contribution < -0.4 is 0 Å². The molecular formula is C49H108. The molecule has 2 atom stereocenters. The molecule has 0 heteroatoms. The first-order valence-corrected chi connectivity index (χ1v) is 23.4. The highest BCUT2D eigenvalue weighted by atomic mass is 14.3. The Hall–Kier alpha value is 0. The highest BCUT2D eigenvalue weighted by Gasteiger charge is 2.21. The Morgan fingerprint density at radius 1 is 0.347 bits per heavy atom. The molecule has 0 rings (SSSR count). The van der Waals surface area contributed by atoms with Crippen LogP contribution in [-0.2, 0) is 0 Å². The molecule has 0 radical (unpaired) electrons. The normalized spacial score (nSPS) is 12.4. The van der Waals surface area contributed by atoms with E-state index >= 15 is 0 Å². The SMILES string of the molecule is CCCC(C)(CC)CC.CCCC(CC)(CC)CC.CCCC(CCC)CCC.CCCCC(CC)CCC.CCCCCC(C)CCC. The second kappa shape index (κ2) is 46.0. The zero-order chi connectivity index (χ0) is 38.8. The summed E-state index contributed by atoms with van der Waals surface area (Å²) in [6, 6.07) is 0. The van der Waals surface area contributed by atoms with Crippen molar-refractivity contribution in [2.75, 3.05) is 0 Å². The molecule has 0 aliphatic rings. The number of hydrogen-bond donors (Lipinski definition) is 0. The maximum Gasteiger partial charge on any atom is -0.0305 e. The highest BCUT2D eigenvalue weighted by molar-refractivity contribution is 4.73. The third kappa shape index (κ3) is 42.3. The van der Waals surface area contributed by atoms with Crippen LogP contribution >= 0.6 is 0 Å². The van der Waals surface area contributed by atoms with Gasteiger partial charge in [0.05, 0.1) is 0 Å². The minimum Gasteiger partial charge on any atom is -0.0654 e. The van der Waals surface area contributed by atoms with Crippen LogP contribution in [0.25, 0.3) is 0 Å². The van der Waals surface area contributed by atoms with Gasteiger partial charge in [-0.15, -0.1) is 0 Å². The van der Waals surface area contributed by atoms with Gasteiger partial charge >= 0.3 is 0 Å². The van der Waals surface area contributed by atoms with E-state index in [0.717, 1.165) is 17.8 Å². The first-order chi connectivity index (χ1) is 23.4. The summed E-state index contributed by atoms with van der Waals surface area (Å²) >= 11 is 0. The van der Waals surface area contributed by atoms with Crippen molar-refractivity contribution in [3.8, 4) is 0 Å². The average molecular weight is 697 g/mol. The fourth-order valence-corrected chi connectivity index (χ4v) is 7.51. The Balaban J connectivity index is -0.000000165. The molecule has 304 valence electrons. The van der Waals surface area contributed by atoms with Gasteiger partial charge in [0, 0.05) is 0 Å². The molecule has 0 aliphatic heterocycles. The molecule has 0 aliphatic carbocycles. The van der Waals surface area contributed by atoms with Crippen molar-refractivity contribution < 1.29 is 0 Å². The van der Waals surface area contributed by atoms with E-state index in [2.05, 4.69) is 118 Å². The lowest BCUT2D eigenvalue weighted by molar-refractivity contribution is 0.226. The molecule has 0 heterocycles. The number of hydrogen-bond acceptors (Lipinski definition) is 0. The van der Waals surface area contributed by atoms with E-state index in [0.29, 0.717) is 10.8 Å². The molecule has 0 bridgehead atoms. The first kappa shape index (κ1) is 58.3. The van der Waals surface area contributed by atoms with Crippen molar-refractivity contribution in [2.24, 2.45) is 28.6 Å². The molecular weight excluding hydrogens is 589 g/mol. The molecule has 2 unspecified atom stereocenters. The van der Waals surface area contributed by atoms with Gasteiger partial charge < -0.3 is 0 Å². The van der Waals surface area contributed by atoms with Crippen molar-refractivity contribution >= 4 is 0 Å². The van der Waals surface area contributed by atoms with E-state index in [4.69, 9.17) is 0 Å². The molecule has 0 aromatic heterocycles. The van der Waals surface area contributed by atoms with Gasteiger partial charge in [-0.25, -0.2) is 0 Å². The Kier molecular flexibility index (Phi) is 54.8. The van der Waals surface area contributed by atoms with Gasteiger partial charge in [-0.1, -0.05) is 278 Å². The monoisotopic (exact) mass is 697 g/mol. The molecule has 0 spiro atoms. The number of rotatable bonds is 27. The van der Waals surface area contributed by atoms with E-state index in [1.54, 1.807) is 0 Å². The van der Waals surface area contributed by atoms with Crippen molar-refractivity contribution in [3.05, 3.63) is 0 Å². The van der Waals surface area contributed by atoms with Crippen LogP contribution in [0, 0.1) is 28.6 Å². The van der Waals surface area contributed by atoms with Crippen molar-refractivity contribution in [2.45, 2.75) is 291 Å². The Morgan fingerprint density at radius 2 is 0.755 bits per heavy atom. The second-order valence-electron chi connectivity index (χ2n) is 16.4. The zero-order valence-electron chi connectivity index (χ0n) is 38.8. The van der Waals surface area contributed by atoms with Crippen LogP contribution in [0.1, 0.15) is 291 Å². The van der Waals surface area contributed by atoms with E-state index in [-0.39, 0.29) is 0 Å². The van der Waals surface area contributed by atoms with Crippen LogP contribution in [-0.4, -0.2) is 0 Å². The number of unbranched alkanes of at least 4 members (excludes halogenated alkanes) is 3. The quantitative estimate of drug-likeness (QED) is 0.0750. The average Bonchev–Trinajstić information content (AvgIpc) is 3.11. The maximum atomic E-state index is 2.39. The maximum absolute atomic E-state index is 2.39. The fraction of sp³-hybridized carbons (Fsp3) is 1.00. The highest BCUT2D eigenvalue weighted by Crippen LogP contribution is 2.35. The summed E-state index contributed by atoms with van der Waals surface area (Å²) in [7, 11) is 0. The van der Waals surface area contributed by atoms with Gasteiger partial charge in [-0.05, 0) is 41.4 Å². The van der Waals surface area contributed by atoms with Gasteiger partial charge in [0.15, 0.2) is 0 Å². The molecule has 0 saturated carbocycles. The lowest BCUT2D eigenvalue weighted by atomic mass is 9.76. The molecule has 0 saturated heterocycles. The van der Waals surface area contributed by atoms with Crippen LogP contribution in [0.5, 0.6) is 0 Å². The lowest BCUT2D eigenvalue weighted by Gasteiger charge is -2.29. The minimum absolute atomic E-state index is 0.634. The molecule has 0 aromatic carbocycles. The van der Waals surface area contributed by atoms with E-state index in [1.165, 1.54) is 173 Å². The Morgan fingerprint density at radius 3 is 1.02 bits per heavy atom. The molecule has 0 aromatic rings. The second-order valence-corrected chi connectivity index (χ2v) is 16.4. The summed E-state index contributed by atoms with van der Waals surface area (Å²) in [5.74, 6) is 3.02. The molecule has 0 fully saturated rings. The Labute approximate surface area is 318 Å². The zero-order valence-corrected chi connectivity index (χ0v) is 38.8. The van der Waals surface area contributed by atoms with Crippen molar-refractivity contribution in [1.82, 2.24) is 0 Å². The smallest absolute Gasteiger partial charge is 0.0305 e. The van der Waals surface area contributed by atoms with Crippen LogP contribution in [0.15, 0.2) is 0 Å². The van der Waals surface area contributed by atoms with E-state index in [9.17, 15) is 0 Å². The fourth-order valence-electron chi connectivity index (χ4n) is 7.51. The molecule has 49 heavy (non-hydrogen) atoms. The van der Waals surface area contributed by atoms with Gasteiger partial charge in [0.1, 0.15) is 0 Å². The standard InChI is InChI=1S/4C10H22.C9H20/c1-5-9-10(6-2,7-3)8-4;1-4-6-7-9-10(3)8-5-2;1-4-7-9-10(6-3)8-5-2;1-4-7-10(8-5-2)9-6-3;1-5-8-9(4,6-2)7-3/h5-9H2,1-4H3;3*10H,4-9H2,1-3H3;5-8H2,1-4H3. The van der Waals surface area contributed by atoms with E-state index in [1.807, 2.05) is 0 Å². The third-order valence-corrected chi connectivity index (χ3v) is 12.0. The first-order valence-electron chi connectivity index (χ1n) is 23.4. The molecule has 0 N–H and O–H groups in total. The van der Waals surface area contributed by atoms with Crippen LogP contribution in [0.4, 0.5) is 0 Å². The topological polar surface area (TPSA) is 0 Å². The van der Waals surface area contributed by atoms with Gasteiger partial charge in [-0.2, -0.15) is 0 Å². The van der Waals surface area contributed by atoms with Gasteiger partial charge in [-0.3, -0.25) is 0 Å². The predicted octanol–water partition coefficient (Wildman–Crippen LogP) is 19.6. The molecule has 0 amide bonds. The summed E-state index contributed by atoms with van der Waals surface area (Å²) in [6.07, 6.45) is 37.5. The predicted molar refractivity (Wildman–Crippen MR) is 236 cm³/mol. The van der Waals surface area contributed by atoms with Gasteiger partial charge in [0.2, 0.25) is 0 Å².